The highest BCUT2D eigenvalue weighted by molar-refractivity contribution is 7.07. The number of guanidine groups is 1. The highest BCUT2D eigenvalue weighted by atomic mass is 32.1. The summed E-state index contributed by atoms with van der Waals surface area (Å²) >= 11 is 1.73. The third kappa shape index (κ3) is 4.84. The van der Waals surface area contributed by atoms with Crippen LogP contribution in [0.5, 0.6) is 0 Å². The molecule has 1 aromatic heterocycles. The number of hydrogen-bond donors (Lipinski definition) is 2. The molecule has 106 valence electrons. The summed E-state index contributed by atoms with van der Waals surface area (Å²) in [5, 5.41) is 11.0. The van der Waals surface area contributed by atoms with E-state index < -0.39 is 0 Å². The summed E-state index contributed by atoms with van der Waals surface area (Å²) in [6, 6.07) is 2.98. The van der Waals surface area contributed by atoms with E-state index in [1.807, 2.05) is 7.05 Å². The number of nitrogens with zero attached hydrogens (tertiary/aromatic N) is 2. The molecule has 1 saturated carbocycles. The monoisotopic (exact) mass is 280 g/mol. The predicted octanol–water partition coefficient (Wildman–Crippen LogP) is 1.90. The molecular weight excluding hydrogens is 256 g/mol. The molecule has 0 aromatic carbocycles. The second-order valence-electron chi connectivity index (χ2n) is 4.84. The van der Waals surface area contributed by atoms with Gasteiger partial charge in [0.15, 0.2) is 5.96 Å². The summed E-state index contributed by atoms with van der Waals surface area (Å²) in [6.45, 7) is 6.27. The van der Waals surface area contributed by atoms with Gasteiger partial charge < -0.3 is 10.6 Å². The van der Waals surface area contributed by atoms with E-state index in [0.29, 0.717) is 0 Å². The zero-order valence-electron chi connectivity index (χ0n) is 11.9. The summed E-state index contributed by atoms with van der Waals surface area (Å²) < 4.78 is 0. The summed E-state index contributed by atoms with van der Waals surface area (Å²) in [6.07, 6.45) is 2.75. The molecule has 0 saturated heterocycles. The van der Waals surface area contributed by atoms with Gasteiger partial charge in [0.1, 0.15) is 0 Å². The van der Waals surface area contributed by atoms with E-state index in [2.05, 4.69) is 44.3 Å². The van der Waals surface area contributed by atoms with Crippen LogP contribution in [-0.2, 0) is 6.54 Å². The molecule has 1 aliphatic carbocycles. The summed E-state index contributed by atoms with van der Waals surface area (Å²) in [5.74, 6) is 0.887. The molecule has 0 aliphatic heterocycles. The molecule has 0 bridgehead atoms. The molecule has 0 radical (unpaired) electrons. The van der Waals surface area contributed by atoms with E-state index in [1.54, 1.807) is 11.3 Å². The first-order valence-corrected chi connectivity index (χ1v) is 7.97. The molecule has 19 heavy (non-hydrogen) atoms. The average molecular weight is 280 g/mol. The molecule has 2 N–H and O–H groups in total. The second-order valence-corrected chi connectivity index (χ2v) is 5.62. The molecule has 1 fully saturated rings. The first-order chi connectivity index (χ1) is 9.33. The predicted molar refractivity (Wildman–Crippen MR) is 82.8 cm³/mol. The molecule has 0 unspecified atom stereocenters. The average Bonchev–Trinajstić information content (AvgIpc) is 3.14. The largest absolute Gasteiger partial charge is 0.355 e. The molecule has 1 aromatic rings. The van der Waals surface area contributed by atoms with Gasteiger partial charge in [0, 0.05) is 32.7 Å². The van der Waals surface area contributed by atoms with Gasteiger partial charge in [-0.05, 0) is 41.8 Å². The van der Waals surface area contributed by atoms with Crippen molar-refractivity contribution in [3.63, 3.8) is 0 Å². The van der Waals surface area contributed by atoms with Gasteiger partial charge in [-0.3, -0.25) is 9.89 Å². The van der Waals surface area contributed by atoms with Gasteiger partial charge in [-0.25, -0.2) is 0 Å². The van der Waals surface area contributed by atoms with Crippen molar-refractivity contribution in [3.8, 4) is 0 Å². The van der Waals surface area contributed by atoms with Gasteiger partial charge in [-0.15, -0.1) is 0 Å². The molecule has 2 rings (SSSR count). The number of likely N-dealkylation sites (N-methyl/N-ethyl adjacent to an activating group) is 1. The Morgan fingerprint density at radius 1 is 1.47 bits per heavy atom. The number of hydrogen-bond acceptors (Lipinski definition) is 3. The Balaban J connectivity index is 1.64. The maximum Gasteiger partial charge on any atom is 0.191 e. The van der Waals surface area contributed by atoms with Gasteiger partial charge in [0.2, 0.25) is 0 Å². The van der Waals surface area contributed by atoms with Crippen molar-refractivity contribution in [1.82, 2.24) is 15.5 Å². The molecule has 1 heterocycles. The first kappa shape index (κ1) is 14.3. The maximum absolute atomic E-state index is 4.25. The standard InChI is InChI=1S/C14H24N4S/c1-3-18(13-4-5-13)8-7-16-14(15-2)17-10-12-6-9-19-11-12/h6,9,11,13H,3-5,7-8,10H2,1-2H3,(H2,15,16,17). The molecule has 5 heteroatoms. The molecular formula is C14H24N4S. The lowest BCUT2D eigenvalue weighted by molar-refractivity contribution is 0.282. The van der Waals surface area contributed by atoms with Crippen molar-refractivity contribution in [2.75, 3.05) is 26.7 Å². The minimum atomic E-state index is 0.837. The minimum absolute atomic E-state index is 0.837. The molecule has 1 aliphatic rings. The lowest BCUT2D eigenvalue weighted by atomic mass is 10.3. The number of aliphatic imine (C=N–C) groups is 1. The Bertz CT molecular complexity index is 384. The topological polar surface area (TPSA) is 39.7 Å². The lowest BCUT2D eigenvalue weighted by Crippen LogP contribution is -2.41. The van der Waals surface area contributed by atoms with Crippen LogP contribution in [-0.4, -0.2) is 43.6 Å². The zero-order chi connectivity index (χ0) is 13.5. The Kier molecular flexibility index (Phi) is 5.66. The van der Waals surface area contributed by atoms with E-state index in [-0.39, 0.29) is 0 Å². The zero-order valence-corrected chi connectivity index (χ0v) is 12.7. The minimum Gasteiger partial charge on any atom is -0.355 e. The van der Waals surface area contributed by atoms with E-state index in [4.69, 9.17) is 0 Å². The fraction of sp³-hybridized carbons (Fsp3) is 0.643. The Labute approximate surface area is 119 Å². The van der Waals surface area contributed by atoms with Crippen molar-refractivity contribution in [2.24, 2.45) is 4.99 Å². The van der Waals surface area contributed by atoms with E-state index >= 15 is 0 Å². The SMILES string of the molecule is CCN(CCNC(=NC)NCc1ccsc1)C1CC1. The normalized spacial score (nSPS) is 15.8. The fourth-order valence-corrected chi connectivity index (χ4v) is 2.82. The van der Waals surface area contributed by atoms with Gasteiger partial charge in [-0.2, -0.15) is 11.3 Å². The number of nitrogens with one attached hydrogen (secondary N) is 2. The Morgan fingerprint density at radius 2 is 2.32 bits per heavy atom. The smallest absolute Gasteiger partial charge is 0.191 e. The lowest BCUT2D eigenvalue weighted by Gasteiger charge is -2.20. The number of rotatable bonds is 7. The van der Waals surface area contributed by atoms with Crippen molar-refractivity contribution in [1.29, 1.82) is 0 Å². The van der Waals surface area contributed by atoms with Crippen LogP contribution in [0.1, 0.15) is 25.3 Å². The highest BCUT2D eigenvalue weighted by Crippen LogP contribution is 2.25. The van der Waals surface area contributed by atoms with Crippen LogP contribution in [0.15, 0.2) is 21.8 Å². The summed E-state index contributed by atoms with van der Waals surface area (Å²) in [7, 11) is 1.82. The van der Waals surface area contributed by atoms with Crippen molar-refractivity contribution < 1.29 is 0 Å². The van der Waals surface area contributed by atoms with Crippen LogP contribution in [0.25, 0.3) is 0 Å². The third-order valence-electron chi connectivity index (χ3n) is 3.42. The van der Waals surface area contributed by atoms with Gasteiger partial charge in [0.25, 0.3) is 0 Å². The van der Waals surface area contributed by atoms with Gasteiger partial charge in [0.05, 0.1) is 0 Å². The van der Waals surface area contributed by atoms with Crippen molar-refractivity contribution in [2.45, 2.75) is 32.4 Å². The molecule has 0 spiro atoms. The molecule has 0 amide bonds. The second kappa shape index (κ2) is 7.50. The Hall–Kier alpha value is -1.07. The Morgan fingerprint density at radius 3 is 2.89 bits per heavy atom. The summed E-state index contributed by atoms with van der Waals surface area (Å²) in [5.41, 5.74) is 1.31. The van der Waals surface area contributed by atoms with Crippen LogP contribution >= 0.6 is 11.3 Å². The quantitative estimate of drug-likeness (QED) is 0.592. The number of thiophene rings is 1. The van der Waals surface area contributed by atoms with E-state index in [0.717, 1.165) is 38.2 Å². The molecule has 4 nitrogen and oxygen atoms in total. The van der Waals surface area contributed by atoms with E-state index in [1.165, 1.54) is 18.4 Å². The van der Waals surface area contributed by atoms with Crippen LogP contribution in [0.2, 0.25) is 0 Å². The fourth-order valence-electron chi connectivity index (χ4n) is 2.16. The van der Waals surface area contributed by atoms with Crippen molar-refractivity contribution >= 4 is 17.3 Å². The van der Waals surface area contributed by atoms with Crippen LogP contribution < -0.4 is 10.6 Å². The third-order valence-corrected chi connectivity index (χ3v) is 4.16. The first-order valence-electron chi connectivity index (χ1n) is 7.03. The van der Waals surface area contributed by atoms with Crippen LogP contribution in [0.4, 0.5) is 0 Å². The maximum atomic E-state index is 4.25. The summed E-state index contributed by atoms with van der Waals surface area (Å²) in [4.78, 5) is 6.79. The molecule has 0 atom stereocenters. The van der Waals surface area contributed by atoms with Crippen LogP contribution in [0, 0.1) is 0 Å². The van der Waals surface area contributed by atoms with Crippen LogP contribution in [0.3, 0.4) is 0 Å². The highest BCUT2D eigenvalue weighted by Gasteiger charge is 2.27. The van der Waals surface area contributed by atoms with Crippen molar-refractivity contribution in [3.05, 3.63) is 22.4 Å². The van der Waals surface area contributed by atoms with Gasteiger partial charge in [-0.1, -0.05) is 6.92 Å². The van der Waals surface area contributed by atoms with E-state index in [9.17, 15) is 0 Å². The van der Waals surface area contributed by atoms with Gasteiger partial charge >= 0.3 is 0 Å².